The minimum Gasteiger partial charge on any atom is -0.457 e. The lowest BCUT2D eigenvalue weighted by Crippen LogP contribution is -2.27. The van der Waals surface area contributed by atoms with E-state index < -0.39 is 6.10 Å². The Labute approximate surface area is 290 Å². The Morgan fingerprint density at radius 2 is 0.957 bits per heavy atom. The SMILES string of the molecule is CC/C=C\C/C=C\C/C=C\C/C=C\C/C=C\C/C=C\CCCOCC(CO)OC(=O)CCCCCCC/C=C\C/C=C\CCCCC. The third kappa shape index (κ3) is 37.6. The van der Waals surface area contributed by atoms with Gasteiger partial charge in [0, 0.05) is 13.0 Å². The van der Waals surface area contributed by atoms with Gasteiger partial charge in [-0.1, -0.05) is 143 Å². The number of rotatable bonds is 33. The van der Waals surface area contributed by atoms with Crippen molar-refractivity contribution in [3.8, 4) is 0 Å². The highest BCUT2D eigenvalue weighted by Crippen LogP contribution is 2.10. The van der Waals surface area contributed by atoms with Gasteiger partial charge in [0.15, 0.2) is 0 Å². The molecule has 0 heterocycles. The highest BCUT2D eigenvalue weighted by molar-refractivity contribution is 5.69. The van der Waals surface area contributed by atoms with Crippen LogP contribution in [0, 0.1) is 0 Å². The van der Waals surface area contributed by atoms with Gasteiger partial charge in [0.1, 0.15) is 6.10 Å². The lowest BCUT2D eigenvalue weighted by molar-refractivity contribution is -0.154. The maximum Gasteiger partial charge on any atom is 0.306 e. The third-order valence-corrected chi connectivity index (χ3v) is 7.39. The van der Waals surface area contributed by atoms with Gasteiger partial charge in [0.25, 0.3) is 0 Å². The summed E-state index contributed by atoms with van der Waals surface area (Å²) in [5.41, 5.74) is 0. The van der Waals surface area contributed by atoms with E-state index in [-0.39, 0.29) is 19.2 Å². The highest BCUT2D eigenvalue weighted by Gasteiger charge is 2.13. The van der Waals surface area contributed by atoms with Gasteiger partial charge < -0.3 is 14.6 Å². The number of hydrogen-bond acceptors (Lipinski definition) is 4. The van der Waals surface area contributed by atoms with Crippen LogP contribution in [0.4, 0.5) is 0 Å². The number of allylic oxidation sites excluding steroid dienone is 16. The molecule has 1 N–H and O–H groups in total. The number of aliphatic hydroxyl groups excluding tert-OH is 1. The number of carbonyl (C=O) groups excluding carboxylic acids is 1. The van der Waals surface area contributed by atoms with E-state index in [0.29, 0.717) is 13.0 Å². The number of unbranched alkanes of at least 4 members (excludes halogenated alkanes) is 9. The van der Waals surface area contributed by atoms with E-state index in [0.717, 1.165) is 83.5 Å². The van der Waals surface area contributed by atoms with Gasteiger partial charge in [-0.2, -0.15) is 0 Å². The van der Waals surface area contributed by atoms with Crippen LogP contribution >= 0.6 is 0 Å². The van der Waals surface area contributed by atoms with Crippen molar-refractivity contribution in [2.45, 2.75) is 148 Å². The number of esters is 1. The van der Waals surface area contributed by atoms with Crippen LogP contribution in [-0.4, -0.2) is 37.0 Å². The first kappa shape index (κ1) is 44.3. The fourth-order valence-electron chi connectivity index (χ4n) is 4.61. The maximum absolute atomic E-state index is 12.1. The van der Waals surface area contributed by atoms with Crippen LogP contribution in [0.25, 0.3) is 0 Å². The first-order valence-corrected chi connectivity index (χ1v) is 18.8. The van der Waals surface area contributed by atoms with Gasteiger partial charge in [-0.15, -0.1) is 0 Å². The molecule has 1 unspecified atom stereocenters. The summed E-state index contributed by atoms with van der Waals surface area (Å²) in [4.78, 5) is 12.1. The zero-order valence-electron chi connectivity index (χ0n) is 30.3. The van der Waals surface area contributed by atoms with E-state index in [4.69, 9.17) is 9.47 Å². The smallest absolute Gasteiger partial charge is 0.306 e. The predicted octanol–water partition coefficient (Wildman–Crippen LogP) is 12.2. The Balaban J connectivity index is 3.64. The first-order valence-electron chi connectivity index (χ1n) is 18.8. The standard InChI is InChI=1S/C43H70O4/c1-3-5-7-9-11-13-15-17-19-20-21-22-23-25-27-29-31-33-35-37-39-46-41-42(40-44)47-43(45)38-36-34-32-30-28-26-24-18-16-14-12-10-8-6-4-2/h5,7,11-14,17-19,21-22,24-25,27,31,33,42,44H,3-4,6,8-10,15-16,20,23,26,28-30,32,34-41H2,1-2H3/b7-5-,13-11-,14-12-,19-17-,22-21-,24-18-,27-25-,33-31-. The van der Waals surface area contributed by atoms with Gasteiger partial charge >= 0.3 is 5.97 Å². The summed E-state index contributed by atoms with van der Waals surface area (Å²) in [5.74, 6) is -0.240. The van der Waals surface area contributed by atoms with Crippen molar-refractivity contribution in [1.29, 1.82) is 0 Å². The molecular weight excluding hydrogens is 580 g/mol. The Morgan fingerprint density at radius 3 is 1.45 bits per heavy atom. The van der Waals surface area contributed by atoms with Gasteiger partial charge in [0.05, 0.1) is 13.2 Å². The minimum atomic E-state index is -0.577. The average molecular weight is 651 g/mol. The molecular formula is C43H70O4. The maximum atomic E-state index is 12.1. The summed E-state index contributed by atoms with van der Waals surface area (Å²) in [5, 5.41) is 9.56. The monoisotopic (exact) mass is 651 g/mol. The van der Waals surface area contributed by atoms with Crippen molar-refractivity contribution in [2.24, 2.45) is 0 Å². The second-order valence-electron chi connectivity index (χ2n) is 11.9. The zero-order valence-corrected chi connectivity index (χ0v) is 30.3. The largest absolute Gasteiger partial charge is 0.457 e. The second kappa shape index (κ2) is 39.5. The van der Waals surface area contributed by atoms with Crippen molar-refractivity contribution >= 4 is 5.97 Å². The van der Waals surface area contributed by atoms with Crippen LogP contribution < -0.4 is 0 Å². The molecule has 0 fully saturated rings. The van der Waals surface area contributed by atoms with E-state index in [1.165, 1.54) is 38.5 Å². The zero-order chi connectivity index (χ0) is 34.1. The predicted molar refractivity (Wildman–Crippen MR) is 205 cm³/mol. The molecule has 0 amide bonds. The van der Waals surface area contributed by atoms with Crippen LogP contribution in [0.3, 0.4) is 0 Å². The van der Waals surface area contributed by atoms with Crippen LogP contribution in [0.1, 0.15) is 142 Å². The molecule has 0 rings (SSSR count). The molecule has 0 aromatic rings. The molecule has 266 valence electrons. The molecule has 47 heavy (non-hydrogen) atoms. The quantitative estimate of drug-likeness (QED) is 0.0436. The van der Waals surface area contributed by atoms with Crippen molar-refractivity contribution in [1.82, 2.24) is 0 Å². The number of carbonyl (C=O) groups is 1. The van der Waals surface area contributed by atoms with Crippen LogP contribution in [-0.2, 0) is 14.3 Å². The summed E-state index contributed by atoms with van der Waals surface area (Å²) in [6.07, 6.45) is 56.0. The van der Waals surface area contributed by atoms with Crippen molar-refractivity contribution < 1.29 is 19.4 Å². The van der Waals surface area contributed by atoms with Gasteiger partial charge in [-0.05, 0) is 89.9 Å². The average Bonchev–Trinajstić information content (AvgIpc) is 3.08. The molecule has 0 radical (unpaired) electrons. The molecule has 0 aliphatic rings. The van der Waals surface area contributed by atoms with Crippen LogP contribution in [0.15, 0.2) is 97.2 Å². The van der Waals surface area contributed by atoms with E-state index in [9.17, 15) is 9.90 Å². The Morgan fingerprint density at radius 1 is 0.532 bits per heavy atom. The molecule has 0 bridgehead atoms. The normalized spacial score (nSPS) is 13.5. The molecule has 0 aliphatic heterocycles. The summed E-state index contributed by atoms with van der Waals surface area (Å²) in [7, 11) is 0. The molecule has 0 saturated carbocycles. The molecule has 4 nitrogen and oxygen atoms in total. The third-order valence-electron chi connectivity index (χ3n) is 7.39. The van der Waals surface area contributed by atoms with E-state index in [1.807, 2.05) is 0 Å². The molecule has 4 heteroatoms. The Bertz CT molecular complexity index is 903. The van der Waals surface area contributed by atoms with Gasteiger partial charge in [-0.3, -0.25) is 4.79 Å². The fourth-order valence-corrected chi connectivity index (χ4v) is 4.61. The van der Waals surface area contributed by atoms with Gasteiger partial charge in [0.2, 0.25) is 0 Å². The molecule has 0 saturated heterocycles. The van der Waals surface area contributed by atoms with Crippen molar-refractivity contribution in [2.75, 3.05) is 19.8 Å². The number of hydrogen-bond donors (Lipinski definition) is 1. The number of aliphatic hydroxyl groups is 1. The second-order valence-corrected chi connectivity index (χ2v) is 11.9. The first-order chi connectivity index (χ1) is 23.2. The lowest BCUT2D eigenvalue weighted by atomic mass is 10.1. The molecule has 0 spiro atoms. The highest BCUT2D eigenvalue weighted by atomic mass is 16.6. The lowest BCUT2D eigenvalue weighted by Gasteiger charge is -2.15. The van der Waals surface area contributed by atoms with Gasteiger partial charge in [-0.25, -0.2) is 0 Å². The fraction of sp³-hybridized carbons (Fsp3) is 0.605. The Hall–Kier alpha value is -2.69. The van der Waals surface area contributed by atoms with Crippen LogP contribution in [0.5, 0.6) is 0 Å². The molecule has 1 atom stereocenters. The summed E-state index contributed by atoms with van der Waals surface area (Å²) in [6, 6.07) is 0. The van der Waals surface area contributed by atoms with E-state index in [1.54, 1.807) is 0 Å². The van der Waals surface area contributed by atoms with Crippen molar-refractivity contribution in [3.05, 3.63) is 97.2 Å². The van der Waals surface area contributed by atoms with Crippen LogP contribution in [0.2, 0.25) is 0 Å². The topological polar surface area (TPSA) is 55.8 Å². The molecule has 0 aromatic carbocycles. The van der Waals surface area contributed by atoms with Crippen molar-refractivity contribution in [3.63, 3.8) is 0 Å². The summed E-state index contributed by atoms with van der Waals surface area (Å²) < 4.78 is 11.0. The summed E-state index contributed by atoms with van der Waals surface area (Å²) in [6.45, 7) is 5.02. The van der Waals surface area contributed by atoms with E-state index in [2.05, 4.69) is 111 Å². The van der Waals surface area contributed by atoms with E-state index >= 15 is 0 Å². The minimum absolute atomic E-state index is 0.207. The summed E-state index contributed by atoms with van der Waals surface area (Å²) >= 11 is 0. The molecule has 0 aliphatic carbocycles. The molecule has 0 aromatic heterocycles. The number of ether oxygens (including phenoxy) is 2. The Kier molecular flexibility index (Phi) is 37.2.